The Balaban J connectivity index is 0.00000158. The highest BCUT2D eigenvalue weighted by atomic mass is 15.2. The summed E-state index contributed by atoms with van der Waals surface area (Å²) >= 11 is 0. The van der Waals surface area contributed by atoms with E-state index in [9.17, 15) is 0 Å². The largest absolute Gasteiger partial charge is 0.344 e. The minimum Gasteiger partial charge on any atom is -0.344 e. The first kappa shape index (κ1) is 25.7. The summed E-state index contributed by atoms with van der Waals surface area (Å²) in [5, 5.41) is 0. The third kappa shape index (κ3) is 4.56. The Labute approximate surface area is 208 Å². The van der Waals surface area contributed by atoms with Gasteiger partial charge in [0.25, 0.3) is 0 Å². The number of nitrogens with zero attached hydrogens (tertiary/aromatic N) is 2. The number of benzene rings is 2. The van der Waals surface area contributed by atoms with Crippen LogP contribution in [0.15, 0.2) is 84.6 Å². The standard InChI is InChI=1S/C30H37N2.C2H6/c1-22(2)21-32-26-18-14-12-16-24(26)30(5,6)28(32)20-10-8-9-19-27-29(3,4)23-15-11-13-17-25(23)31(27)7;1-2/h8-20,22H,21H2,1-7H3;1-2H3/q+1;. The van der Waals surface area contributed by atoms with Gasteiger partial charge in [-0.15, -0.1) is 0 Å². The second-order valence-electron chi connectivity index (χ2n) is 10.5. The van der Waals surface area contributed by atoms with Crippen molar-refractivity contribution in [2.75, 3.05) is 18.5 Å². The van der Waals surface area contributed by atoms with E-state index in [4.69, 9.17) is 0 Å². The molecule has 0 N–H and O–H groups in total. The van der Waals surface area contributed by atoms with Crippen molar-refractivity contribution < 1.29 is 4.58 Å². The molecule has 0 fully saturated rings. The number of anilines is 1. The monoisotopic (exact) mass is 455 g/mol. The molecule has 0 saturated carbocycles. The van der Waals surface area contributed by atoms with Crippen LogP contribution in [0.5, 0.6) is 0 Å². The molecule has 0 aliphatic carbocycles. The minimum absolute atomic E-state index is 0.00356. The Morgan fingerprint density at radius 1 is 0.824 bits per heavy atom. The van der Waals surface area contributed by atoms with Gasteiger partial charge in [-0.2, -0.15) is 4.58 Å². The van der Waals surface area contributed by atoms with Crippen molar-refractivity contribution in [1.29, 1.82) is 0 Å². The molecule has 0 bridgehead atoms. The number of hydrogen-bond acceptors (Lipinski definition) is 1. The third-order valence-corrected chi connectivity index (χ3v) is 7.02. The molecule has 0 amide bonds. The minimum atomic E-state index is 0.00356. The number of fused-ring (bicyclic) bond motifs is 2. The lowest BCUT2D eigenvalue weighted by Gasteiger charge is -2.28. The first-order valence-corrected chi connectivity index (χ1v) is 12.8. The molecule has 2 aliphatic rings. The van der Waals surface area contributed by atoms with Crippen molar-refractivity contribution in [3.8, 4) is 0 Å². The van der Waals surface area contributed by atoms with Gasteiger partial charge in [0.2, 0.25) is 5.69 Å². The number of para-hydroxylation sites is 2. The smallest absolute Gasteiger partial charge is 0.209 e. The maximum absolute atomic E-state index is 2.51. The molecule has 4 rings (SSSR count). The Hall–Kier alpha value is -2.87. The summed E-state index contributed by atoms with van der Waals surface area (Å²) in [5.74, 6) is 0.599. The van der Waals surface area contributed by atoms with Crippen LogP contribution >= 0.6 is 0 Å². The molecular formula is C32H43N2+. The van der Waals surface area contributed by atoms with Crippen molar-refractivity contribution in [1.82, 2.24) is 0 Å². The van der Waals surface area contributed by atoms with Gasteiger partial charge >= 0.3 is 0 Å². The Morgan fingerprint density at radius 3 is 2.09 bits per heavy atom. The van der Waals surface area contributed by atoms with Gasteiger partial charge in [0, 0.05) is 41.1 Å². The third-order valence-electron chi connectivity index (χ3n) is 7.02. The second-order valence-corrected chi connectivity index (χ2v) is 10.5. The zero-order chi connectivity index (χ0) is 25.1. The van der Waals surface area contributed by atoms with E-state index in [1.165, 1.54) is 33.9 Å². The number of hydrogen-bond donors (Lipinski definition) is 0. The summed E-state index contributed by atoms with van der Waals surface area (Å²) in [7, 11) is 2.17. The van der Waals surface area contributed by atoms with E-state index < -0.39 is 0 Å². The van der Waals surface area contributed by atoms with E-state index in [-0.39, 0.29) is 10.8 Å². The maximum atomic E-state index is 2.51. The number of rotatable bonds is 5. The first-order chi connectivity index (χ1) is 16.2. The molecule has 2 nitrogen and oxygen atoms in total. The van der Waals surface area contributed by atoms with Crippen LogP contribution < -0.4 is 4.90 Å². The molecule has 0 aromatic heterocycles. The predicted molar refractivity (Wildman–Crippen MR) is 150 cm³/mol. The van der Waals surface area contributed by atoms with Gasteiger partial charge in [0.05, 0.1) is 5.41 Å². The summed E-state index contributed by atoms with van der Waals surface area (Å²) in [5.41, 5.74) is 8.17. The normalized spacial score (nSPS) is 19.2. The molecule has 180 valence electrons. The van der Waals surface area contributed by atoms with Gasteiger partial charge in [-0.3, -0.25) is 0 Å². The van der Waals surface area contributed by atoms with E-state index in [2.05, 4.69) is 137 Å². The molecular weight excluding hydrogens is 412 g/mol. The number of allylic oxidation sites excluding steroid dienone is 6. The van der Waals surface area contributed by atoms with Gasteiger partial charge < -0.3 is 4.90 Å². The van der Waals surface area contributed by atoms with Gasteiger partial charge in [-0.25, -0.2) is 0 Å². The molecule has 34 heavy (non-hydrogen) atoms. The van der Waals surface area contributed by atoms with Crippen LogP contribution in [0.3, 0.4) is 0 Å². The molecule has 2 aromatic carbocycles. The molecule has 2 aromatic rings. The van der Waals surface area contributed by atoms with E-state index >= 15 is 0 Å². The van der Waals surface area contributed by atoms with Crippen LogP contribution in [0.2, 0.25) is 0 Å². The van der Waals surface area contributed by atoms with Crippen LogP contribution in [0.25, 0.3) is 0 Å². The average molecular weight is 456 g/mol. The predicted octanol–water partition coefficient (Wildman–Crippen LogP) is 8.17. The molecule has 0 saturated heterocycles. The second kappa shape index (κ2) is 10.2. The van der Waals surface area contributed by atoms with Crippen LogP contribution in [-0.4, -0.2) is 23.9 Å². The quantitative estimate of drug-likeness (QED) is 0.325. The fourth-order valence-electron chi connectivity index (χ4n) is 5.36. The van der Waals surface area contributed by atoms with E-state index in [1.54, 1.807) is 0 Å². The summed E-state index contributed by atoms with van der Waals surface area (Å²) in [6, 6.07) is 17.6. The summed E-state index contributed by atoms with van der Waals surface area (Å²) in [4.78, 5) is 2.51. The van der Waals surface area contributed by atoms with Crippen LogP contribution in [0, 0.1) is 5.92 Å². The topological polar surface area (TPSA) is 6.25 Å². The lowest BCUT2D eigenvalue weighted by atomic mass is 9.81. The Bertz CT molecular complexity index is 1140. The highest BCUT2D eigenvalue weighted by molar-refractivity contribution is 6.03. The van der Waals surface area contributed by atoms with Crippen molar-refractivity contribution in [3.05, 3.63) is 95.7 Å². The van der Waals surface area contributed by atoms with Gasteiger partial charge in [-0.1, -0.05) is 96.2 Å². The lowest BCUT2D eigenvalue weighted by Crippen LogP contribution is -2.29. The van der Waals surface area contributed by atoms with Crippen molar-refractivity contribution in [2.24, 2.45) is 5.92 Å². The molecule has 0 radical (unpaired) electrons. The van der Waals surface area contributed by atoms with Gasteiger partial charge in [0.1, 0.15) is 7.05 Å². The summed E-state index contributed by atoms with van der Waals surface area (Å²) in [6.45, 7) is 18.9. The first-order valence-electron chi connectivity index (χ1n) is 12.8. The van der Waals surface area contributed by atoms with Crippen molar-refractivity contribution >= 4 is 17.1 Å². The Kier molecular flexibility index (Phi) is 7.70. The molecule has 0 spiro atoms. The van der Waals surface area contributed by atoms with Gasteiger partial charge in [0.15, 0.2) is 5.71 Å². The van der Waals surface area contributed by atoms with Crippen LogP contribution in [0.4, 0.5) is 11.4 Å². The van der Waals surface area contributed by atoms with Crippen molar-refractivity contribution in [3.63, 3.8) is 0 Å². The van der Waals surface area contributed by atoms with Crippen LogP contribution in [-0.2, 0) is 10.8 Å². The highest BCUT2D eigenvalue weighted by Crippen LogP contribution is 2.47. The van der Waals surface area contributed by atoms with Gasteiger partial charge in [-0.05, 0) is 37.5 Å². The van der Waals surface area contributed by atoms with Crippen LogP contribution in [0.1, 0.15) is 66.5 Å². The van der Waals surface area contributed by atoms with E-state index in [0.29, 0.717) is 5.92 Å². The fourth-order valence-corrected chi connectivity index (χ4v) is 5.36. The zero-order valence-corrected chi connectivity index (χ0v) is 22.7. The Morgan fingerprint density at radius 2 is 1.44 bits per heavy atom. The molecule has 2 aliphatic heterocycles. The molecule has 2 heteroatoms. The zero-order valence-electron chi connectivity index (χ0n) is 22.7. The molecule has 2 heterocycles. The summed E-state index contributed by atoms with van der Waals surface area (Å²) < 4.78 is 2.32. The highest BCUT2D eigenvalue weighted by Gasteiger charge is 2.42. The lowest BCUT2D eigenvalue weighted by molar-refractivity contribution is -0.401. The fraction of sp³-hybridized carbons (Fsp3) is 0.406. The average Bonchev–Trinajstić information content (AvgIpc) is 3.14. The van der Waals surface area contributed by atoms with Crippen molar-refractivity contribution in [2.45, 2.75) is 66.2 Å². The SMILES string of the molecule is CC.CC(C)CN1/C(=C/C=C/C=C/C2=[N+](C)c3ccccc3C2(C)C)C(C)(C)c2ccccc21. The maximum Gasteiger partial charge on any atom is 0.209 e. The molecule has 0 atom stereocenters. The van der Waals surface area contributed by atoms with E-state index in [0.717, 1.165) is 6.54 Å². The van der Waals surface area contributed by atoms with E-state index in [1.807, 2.05) is 13.8 Å². The molecule has 0 unspecified atom stereocenters. The summed E-state index contributed by atoms with van der Waals surface area (Å²) in [6.07, 6.45) is 11.1.